The van der Waals surface area contributed by atoms with E-state index in [1.165, 1.54) is 11.0 Å². The number of fused-ring (bicyclic) bond motifs is 3. The van der Waals surface area contributed by atoms with Crippen LogP contribution in [-0.4, -0.2) is 80.0 Å². The zero-order valence-electron chi connectivity index (χ0n) is 26.8. The van der Waals surface area contributed by atoms with Crippen molar-refractivity contribution in [3.8, 4) is 11.1 Å². The fourth-order valence-corrected chi connectivity index (χ4v) is 6.75. The summed E-state index contributed by atoms with van der Waals surface area (Å²) in [5.41, 5.74) is 3.57. The van der Waals surface area contributed by atoms with Crippen molar-refractivity contribution in [2.24, 2.45) is 17.0 Å². The molecule has 0 aromatic heterocycles. The van der Waals surface area contributed by atoms with E-state index in [-0.39, 0.29) is 25.8 Å². The van der Waals surface area contributed by atoms with Gasteiger partial charge in [-0.25, -0.2) is 9.86 Å². The summed E-state index contributed by atoms with van der Waals surface area (Å²) in [4.78, 5) is 60.7. The predicted octanol–water partition coefficient (Wildman–Crippen LogP) is 4.04. The number of oxime groups is 1. The number of hydrogen-bond acceptors (Lipinski definition) is 7. The average molecular weight is 651 g/mol. The molecule has 11 nitrogen and oxygen atoms in total. The Morgan fingerprint density at radius 3 is 2.12 bits per heavy atom. The van der Waals surface area contributed by atoms with Crippen molar-refractivity contribution in [2.45, 2.75) is 56.8 Å². The van der Waals surface area contributed by atoms with Gasteiger partial charge >= 0.3 is 5.97 Å². The highest BCUT2D eigenvalue weighted by atomic mass is 16.6. The van der Waals surface area contributed by atoms with Gasteiger partial charge in [-0.15, -0.1) is 6.58 Å². The van der Waals surface area contributed by atoms with Gasteiger partial charge in [-0.2, -0.15) is 0 Å². The highest BCUT2D eigenvalue weighted by molar-refractivity contribution is 6.24. The van der Waals surface area contributed by atoms with E-state index in [4.69, 9.17) is 4.84 Å². The molecule has 248 valence electrons. The fourth-order valence-electron chi connectivity index (χ4n) is 6.75. The standard InChI is InChI=1S/C37H38N4O7/c1-4-24-20-37(24,36(45)46)38-34(43)30-19-25(48-39-32-28-16-10-8-14-26(28)27-15-9-11-17-29(27)32)21-40(30)35(44)33(22(2)3)41(47)31(42)18-23-12-6-5-7-13-23/h4-17,22,24-25,30,33,47H,1,18-21H2,2-3H3,(H,38,43)(H,45,46)/t24-,25-,30+,33-,37+/m1/s1. The van der Waals surface area contributed by atoms with Crippen molar-refractivity contribution < 1.29 is 34.3 Å². The topological polar surface area (TPSA) is 149 Å². The molecule has 0 bridgehead atoms. The van der Waals surface area contributed by atoms with Gasteiger partial charge in [0.15, 0.2) is 0 Å². The Labute approximate surface area is 278 Å². The van der Waals surface area contributed by atoms with E-state index in [9.17, 15) is 29.5 Å². The second-order valence-corrected chi connectivity index (χ2v) is 12.9. The van der Waals surface area contributed by atoms with Gasteiger partial charge in [-0.1, -0.05) is 104 Å². The van der Waals surface area contributed by atoms with Crippen molar-refractivity contribution in [2.75, 3.05) is 6.54 Å². The maximum atomic E-state index is 14.2. The van der Waals surface area contributed by atoms with Crippen LogP contribution in [0.1, 0.15) is 43.4 Å². The molecule has 3 aromatic rings. The van der Waals surface area contributed by atoms with Gasteiger partial charge in [0.1, 0.15) is 29.4 Å². The smallest absolute Gasteiger partial charge is 0.330 e. The molecular weight excluding hydrogens is 612 g/mol. The van der Waals surface area contributed by atoms with Gasteiger partial charge in [-0.3, -0.25) is 19.6 Å². The minimum Gasteiger partial charge on any atom is -0.479 e. The first-order chi connectivity index (χ1) is 23.1. The number of aliphatic carboxylic acids is 1. The molecule has 0 unspecified atom stereocenters. The maximum Gasteiger partial charge on any atom is 0.330 e. The van der Waals surface area contributed by atoms with Crippen LogP contribution in [0.2, 0.25) is 0 Å². The lowest BCUT2D eigenvalue weighted by Gasteiger charge is -2.34. The molecule has 0 radical (unpaired) electrons. The van der Waals surface area contributed by atoms with E-state index < -0.39 is 59.3 Å². The highest BCUT2D eigenvalue weighted by Crippen LogP contribution is 2.45. The van der Waals surface area contributed by atoms with E-state index in [0.717, 1.165) is 22.3 Å². The number of carboxylic acids is 1. The van der Waals surface area contributed by atoms with Crippen molar-refractivity contribution in [3.05, 3.63) is 108 Å². The first kappa shape index (κ1) is 32.6. The molecule has 1 aliphatic heterocycles. The molecule has 1 heterocycles. The molecule has 3 amide bonds. The number of likely N-dealkylation sites (tertiary alicyclic amines) is 1. The number of hydroxylamine groups is 2. The predicted molar refractivity (Wildman–Crippen MR) is 177 cm³/mol. The molecule has 48 heavy (non-hydrogen) atoms. The number of benzene rings is 3. The van der Waals surface area contributed by atoms with E-state index in [0.29, 0.717) is 16.3 Å². The first-order valence-electron chi connectivity index (χ1n) is 16.0. The van der Waals surface area contributed by atoms with Gasteiger partial charge in [0.25, 0.3) is 5.91 Å². The average Bonchev–Trinajstić information content (AvgIpc) is 3.48. The van der Waals surface area contributed by atoms with E-state index in [1.54, 1.807) is 38.1 Å². The Kier molecular flexibility index (Phi) is 8.89. The fraction of sp³-hybridized carbons (Fsp3) is 0.324. The molecule has 3 N–H and O–H groups in total. The Morgan fingerprint density at radius 1 is 1.00 bits per heavy atom. The molecule has 1 saturated carbocycles. The third-order valence-electron chi connectivity index (χ3n) is 9.42. The zero-order chi connectivity index (χ0) is 34.2. The summed E-state index contributed by atoms with van der Waals surface area (Å²) >= 11 is 0. The molecule has 11 heteroatoms. The first-order valence-corrected chi connectivity index (χ1v) is 16.0. The van der Waals surface area contributed by atoms with Crippen LogP contribution < -0.4 is 5.32 Å². The molecule has 5 atom stereocenters. The highest BCUT2D eigenvalue weighted by Gasteiger charge is 2.61. The molecule has 2 fully saturated rings. The number of carbonyl (C=O) groups excluding carboxylic acids is 3. The largest absolute Gasteiger partial charge is 0.479 e. The Bertz CT molecular complexity index is 1740. The summed E-state index contributed by atoms with van der Waals surface area (Å²) in [7, 11) is 0. The van der Waals surface area contributed by atoms with Crippen molar-refractivity contribution in [3.63, 3.8) is 0 Å². The SMILES string of the molecule is C=C[C@@H]1C[C@@]1(NC(=O)[C@@H]1C[C@@H](ON=C2c3ccccc3-c3ccccc32)CN1C(=O)[C@@H](C(C)C)N(O)C(=O)Cc1ccccc1)C(=O)O. The van der Waals surface area contributed by atoms with Crippen LogP contribution in [0.25, 0.3) is 11.1 Å². The Morgan fingerprint density at radius 2 is 1.58 bits per heavy atom. The molecule has 6 rings (SSSR count). The number of hydrogen-bond donors (Lipinski definition) is 3. The van der Waals surface area contributed by atoms with Crippen LogP contribution in [0.3, 0.4) is 0 Å². The van der Waals surface area contributed by atoms with Crippen molar-refractivity contribution >= 4 is 29.4 Å². The summed E-state index contributed by atoms with van der Waals surface area (Å²) in [5.74, 6) is -4.20. The normalized spacial score (nSPS) is 22.7. The molecule has 3 aliphatic rings. The van der Waals surface area contributed by atoms with E-state index >= 15 is 0 Å². The van der Waals surface area contributed by atoms with Crippen molar-refractivity contribution in [1.29, 1.82) is 0 Å². The lowest BCUT2D eigenvalue weighted by atomic mass is 10.0. The second kappa shape index (κ2) is 13.1. The second-order valence-electron chi connectivity index (χ2n) is 12.9. The van der Waals surface area contributed by atoms with Crippen molar-refractivity contribution in [1.82, 2.24) is 15.3 Å². The van der Waals surface area contributed by atoms with Gasteiger partial charge < -0.3 is 20.2 Å². The van der Waals surface area contributed by atoms with Gasteiger partial charge in [0.2, 0.25) is 11.8 Å². The number of carboxylic acid groups (broad SMARTS) is 1. The van der Waals surface area contributed by atoms with E-state index in [1.807, 2.05) is 54.6 Å². The quantitative estimate of drug-likeness (QED) is 0.126. The summed E-state index contributed by atoms with van der Waals surface area (Å²) in [6.07, 6.45) is 0.806. The van der Waals surface area contributed by atoms with Gasteiger partial charge in [-0.05, 0) is 29.0 Å². The summed E-state index contributed by atoms with van der Waals surface area (Å²) in [6.45, 7) is 7.00. The summed E-state index contributed by atoms with van der Waals surface area (Å²) < 4.78 is 0. The molecule has 3 aromatic carbocycles. The number of carbonyl (C=O) groups is 4. The zero-order valence-corrected chi connectivity index (χ0v) is 26.8. The third kappa shape index (κ3) is 5.97. The number of rotatable bonds is 11. The van der Waals surface area contributed by atoms with Crippen LogP contribution in [0.4, 0.5) is 0 Å². The minimum absolute atomic E-state index is 0.0142. The molecule has 2 aliphatic carbocycles. The monoisotopic (exact) mass is 650 g/mol. The minimum atomic E-state index is -1.52. The van der Waals surface area contributed by atoms with Crippen LogP contribution in [0.15, 0.2) is 96.7 Å². The summed E-state index contributed by atoms with van der Waals surface area (Å²) in [5, 5.41) is 28.7. The Balaban J connectivity index is 1.27. The van der Waals surface area contributed by atoms with Crippen LogP contribution in [0, 0.1) is 11.8 Å². The lowest BCUT2D eigenvalue weighted by molar-refractivity contribution is -0.187. The molecule has 0 spiro atoms. The van der Waals surface area contributed by atoms with E-state index in [2.05, 4.69) is 17.1 Å². The summed E-state index contributed by atoms with van der Waals surface area (Å²) in [6, 6.07) is 22.0. The third-order valence-corrected chi connectivity index (χ3v) is 9.42. The molecule has 1 saturated heterocycles. The van der Waals surface area contributed by atoms with Crippen LogP contribution >= 0.6 is 0 Å². The number of nitrogens with one attached hydrogen (secondary N) is 1. The maximum absolute atomic E-state index is 14.2. The van der Waals surface area contributed by atoms with Crippen LogP contribution in [-0.2, 0) is 30.4 Å². The van der Waals surface area contributed by atoms with Crippen LogP contribution in [0.5, 0.6) is 0 Å². The number of nitrogens with zero attached hydrogens (tertiary/aromatic N) is 3. The Hall–Kier alpha value is -5.29. The lowest BCUT2D eigenvalue weighted by Crippen LogP contribution is -2.57. The number of amides is 3. The van der Waals surface area contributed by atoms with Gasteiger partial charge in [0.05, 0.1) is 13.0 Å². The van der Waals surface area contributed by atoms with Gasteiger partial charge in [0, 0.05) is 23.5 Å². The molecular formula is C37H38N4O7.